The first-order valence-corrected chi connectivity index (χ1v) is 4.67. The molecule has 0 radical (unpaired) electrons. The molecule has 68 valence electrons. The fraction of sp³-hybridized carbons (Fsp3) is 0.900. The van der Waals surface area contributed by atoms with Gasteiger partial charge in [0, 0.05) is 12.0 Å². The zero-order valence-corrected chi connectivity index (χ0v) is 8.30. The van der Waals surface area contributed by atoms with Gasteiger partial charge in [0.25, 0.3) is 0 Å². The molecular formula is C10H18N2. The van der Waals surface area contributed by atoms with Gasteiger partial charge in [0.15, 0.2) is 0 Å². The van der Waals surface area contributed by atoms with Crippen molar-refractivity contribution in [2.45, 2.75) is 38.6 Å². The minimum absolute atomic E-state index is 0.216. The second kappa shape index (κ2) is 3.45. The lowest BCUT2D eigenvalue weighted by Crippen LogP contribution is -2.50. The molecule has 1 unspecified atom stereocenters. The van der Waals surface area contributed by atoms with Crippen molar-refractivity contribution in [1.82, 2.24) is 4.90 Å². The molecule has 0 aliphatic carbocycles. The Morgan fingerprint density at radius 3 is 2.83 bits per heavy atom. The highest BCUT2D eigenvalue weighted by molar-refractivity contribution is 4.94. The average Bonchev–Trinajstić information content (AvgIpc) is 2.00. The molecule has 1 aliphatic heterocycles. The molecular weight excluding hydrogens is 148 g/mol. The van der Waals surface area contributed by atoms with Crippen LogP contribution in [0.2, 0.25) is 0 Å². The molecule has 1 rings (SSSR count). The zero-order valence-electron chi connectivity index (χ0n) is 8.30. The number of nitriles is 1. The Bertz CT molecular complexity index is 191. The van der Waals surface area contributed by atoms with Crippen LogP contribution in [0, 0.1) is 17.2 Å². The molecule has 12 heavy (non-hydrogen) atoms. The van der Waals surface area contributed by atoms with Gasteiger partial charge in [-0.1, -0.05) is 0 Å². The first-order chi connectivity index (χ1) is 5.59. The predicted molar refractivity (Wildman–Crippen MR) is 49.7 cm³/mol. The van der Waals surface area contributed by atoms with Crippen molar-refractivity contribution >= 4 is 0 Å². The summed E-state index contributed by atoms with van der Waals surface area (Å²) in [5, 5.41) is 8.67. The quantitative estimate of drug-likeness (QED) is 0.596. The summed E-state index contributed by atoms with van der Waals surface area (Å²) >= 11 is 0. The van der Waals surface area contributed by atoms with E-state index in [1.165, 1.54) is 19.4 Å². The Morgan fingerprint density at radius 1 is 1.58 bits per heavy atom. The molecule has 0 N–H and O–H groups in total. The van der Waals surface area contributed by atoms with E-state index in [0.717, 1.165) is 0 Å². The maximum atomic E-state index is 8.67. The molecule has 0 bridgehead atoms. The predicted octanol–water partition coefficient (Wildman–Crippen LogP) is 2.02. The summed E-state index contributed by atoms with van der Waals surface area (Å²) in [6.45, 7) is 5.66. The number of piperidine rings is 1. The molecule has 1 fully saturated rings. The molecule has 0 aromatic rings. The van der Waals surface area contributed by atoms with Gasteiger partial charge in [-0.25, -0.2) is 0 Å². The van der Waals surface area contributed by atoms with Gasteiger partial charge in [0.05, 0.1) is 6.07 Å². The summed E-state index contributed by atoms with van der Waals surface area (Å²) in [6, 6.07) is 2.29. The molecule has 1 aliphatic rings. The Balaban J connectivity index is 2.67. The molecule has 2 nitrogen and oxygen atoms in total. The Hall–Kier alpha value is -0.550. The van der Waals surface area contributed by atoms with Gasteiger partial charge in [0.1, 0.15) is 0 Å². The van der Waals surface area contributed by atoms with Gasteiger partial charge in [-0.15, -0.1) is 0 Å². The number of hydrogen-bond acceptors (Lipinski definition) is 2. The first-order valence-electron chi connectivity index (χ1n) is 4.67. The van der Waals surface area contributed by atoms with E-state index in [0.29, 0.717) is 12.3 Å². The topological polar surface area (TPSA) is 27.0 Å². The third-order valence-electron chi connectivity index (χ3n) is 3.37. The van der Waals surface area contributed by atoms with E-state index in [-0.39, 0.29) is 5.54 Å². The van der Waals surface area contributed by atoms with E-state index in [4.69, 9.17) is 5.26 Å². The summed E-state index contributed by atoms with van der Waals surface area (Å²) in [6.07, 6.45) is 3.16. The van der Waals surface area contributed by atoms with Crippen LogP contribution in [0.5, 0.6) is 0 Å². The normalized spacial score (nSPS) is 29.7. The number of likely N-dealkylation sites (tertiary alicyclic amines) is 1. The minimum Gasteiger partial charge on any atom is -0.301 e. The van der Waals surface area contributed by atoms with Crippen LogP contribution >= 0.6 is 0 Å². The number of rotatable bonds is 1. The van der Waals surface area contributed by atoms with Gasteiger partial charge in [-0.05, 0) is 46.2 Å². The van der Waals surface area contributed by atoms with Crippen LogP contribution < -0.4 is 0 Å². The molecule has 1 heterocycles. The molecule has 2 heteroatoms. The highest BCUT2D eigenvalue weighted by atomic mass is 15.2. The maximum Gasteiger partial charge on any atom is 0.0625 e. The smallest absolute Gasteiger partial charge is 0.0625 e. The van der Waals surface area contributed by atoms with Crippen molar-refractivity contribution in [3.05, 3.63) is 0 Å². The van der Waals surface area contributed by atoms with E-state index in [2.05, 4.69) is 31.9 Å². The molecule has 1 saturated heterocycles. The first kappa shape index (κ1) is 9.54. The van der Waals surface area contributed by atoms with Gasteiger partial charge < -0.3 is 4.90 Å². The number of hydrogen-bond donors (Lipinski definition) is 0. The fourth-order valence-electron chi connectivity index (χ4n) is 1.99. The van der Waals surface area contributed by atoms with Crippen molar-refractivity contribution in [3.63, 3.8) is 0 Å². The molecule has 0 spiro atoms. The SMILES string of the molecule is CN1CCCC(CC#N)C1(C)C. The van der Waals surface area contributed by atoms with Crippen LogP contribution in [0.4, 0.5) is 0 Å². The molecule has 1 atom stereocenters. The summed E-state index contributed by atoms with van der Waals surface area (Å²) < 4.78 is 0. The van der Waals surface area contributed by atoms with Gasteiger partial charge >= 0.3 is 0 Å². The van der Waals surface area contributed by atoms with Crippen molar-refractivity contribution in [1.29, 1.82) is 5.26 Å². The minimum atomic E-state index is 0.216. The maximum absolute atomic E-state index is 8.67. The highest BCUT2D eigenvalue weighted by Gasteiger charge is 2.35. The Labute approximate surface area is 75.2 Å². The van der Waals surface area contributed by atoms with Crippen molar-refractivity contribution in [2.75, 3.05) is 13.6 Å². The van der Waals surface area contributed by atoms with Crippen LogP contribution in [0.3, 0.4) is 0 Å². The molecule has 0 aromatic carbocycles. The fourth-order valence-corrected chi connectivity index (χ4v) is 1.99. The van der Waals surface area contributed by atoms with Gasteiger partial charge in [0.2, 0.25) is 0 Å². The lowest BCUT2D eigenvalue weighted by molar-refractivity contribution is 0.0475. The Morgan fingerprint density at radius 2 is 2.25 bits per heavy atom. The van der Waals surface area contributed by atoms with Crippen molar-refractivity contribution in [3.8, 4) is 6.07 Å². The van der Waals surface area contributed by atoms with E-state index in [9.17, 15) is 0 Å². The monoisotopic (exact) mass is 166 g/mol. The summed E-state index contributed by atoms with van der Waals surface area (Å²) in [7, 11) is 2.16. The molecule has 0 saturated carbocycles. The third kappa shape index (κ3) is 1.61. The van der Waals surface area contributed by atoms with E-state index >= 15 is 0 Å². The zero-order chi connectivity index (χ0) is 9.19. The van der Waals surface area contributed by atoms with Crippen LogP contribution in [0.25, 0.3) is 0 Å². The van der Waals surface area contributed by atoms with Crippen molar-refractivity contribution < 1.29 is 0 Å². The molecule has 0 amide bonds. The Kier molecular flexibility index (Phi) is 2.74. The van der Waals surface area contributed by atoms with Crippen LogP contribution in [-0.2, 0) is 0 Å². The largest absolute Gasteiger partial charge is 0.301 e. The second-order valence-corrected chi connectivity index (χ2v) is 4.28. The summed E-state index contributed by atoms with van der Waals surface area (Å²) in [5.41, 5.74) is 0.216. The number of nitrogens with zero attached hydrogens (tertiary/aromatic N) is 2. The summed E-state index contributed by atoms with van der Waals surface area (Å²) in [4.78, 5) is 2.37. The second-order valence-electron chi connectivity index (χ2n) is 4.28. The molecule has 0 aromatic heterocycles. The van der Waals surface area contributed by atoms with Gasteiger partial charge in [-0.2, -0.15) is 5.26 Å². The van der Waals surface area contributed by atoms with E-state index in [1.54, 1.807) is 0 Å². The summed E-state index contributed by atoms with van der Waals surface area (Å²) in [5.74, 6) is 0.557. The standard InChI is InChI=1S/C10H18N2/c1-10(2)9(6-7-11)5-4-8-12(10)3/h9H,4-6,8H2,1-3H3. The third-order valence-corrected chi connectivity index (χ3v) is 3.37. The average molecular weight is 166 g/mol. The van der Waals surface area contributed by atoms with Crippen LogP contribution in [-0.4, -0.2) is 24.0 Å². The highest BCUT2D eigenvalue weighted by Crippen LogP contribution is 2.33. The van der Waals surface area contributed by atoms with E-state index < -0.39 is 0 Å². The van der Waals surface area contributed by atoms with Gasteiger partial charge in [-0.3, -0.25) is 0 Å². The van der Waals surface area contributed by atoms with Crippen molar-refractivity contribution in [2.24, 2.45) is 5.92 Å². The van der Waals surface area contributed by atoms with Crippen LogP contribution in [0.15, 0.2) is 0 Å². The lowest BCUT2D eigenvalue weighted by atomic mass is 9.78. The lowest BCUT2D eigenvalue weighted by Gasteiger charge is -2.45. The van der Waals surface area contributed by atoms with E-state index in [1.807, 2.05) is 0 Å². The van der Waals surface area contributed by atoms with Crippen LogP contribution in [0.1, 0.15) is 33.1 Å².